The molecule has 23 heavy (non-hydrogen) atoms. The van der Waals surface area contributed by atoms with Crippen molar-refractivity contribution in [3.05, 3.63) is 23.8 Å². The first-order valence-corrected chi connectivity index (χ1v) is 7.69. The summed E-state index contributed by atoms with van der Waals surface area (Å²) in [4.78, 5) is 12.0. The Balaban J connectivity index is 1.42. The van der Waals surface area contributed by atoms with E-state index >= 15 is 0 Å². The van der Waals surface area contributed by atoms with Gasteiger partial charge in [0.15, 0.2) is 11.5 Å². The number of carbonyl (C=O) groups excluding carboxylic acids is 1. The predicted octanol–water partition coefficient (Wildman–Crippen LogP) is 0.797. The lowest BCUT2D eigenvalue weighted by Crippen LogP contribution is -2.12. The molecule has 3 atom stereocenters. The van der Waals surface area contributed by atoms with E-state index in [4.69, 9.17) is 28.4 Å². The van der Waals surface area contributed by atoms with E-state index in [1.54, 1.807) is 18.2 Å². The van der Waals surface area contributed by atoms with Crippen LogP contribution >= 0.6 is 0 Å². The number of carbonyl (C=O) groups is 1. The normalized spacial score (nSPS) is 27.2. The van der Waals surface area contributed by atoms with Crippen LogP contribution in [0, 0.1) is 0 Å². The molecule has 3 unspecified atom stereocenters. The fraction of sp³-hybridized carbons (Fsp3) is 0.562. The van der Waals surface area contributed by atoms with Crippen molar-refractivity contribution in [2.75, 3.05) is 39.6 Å². The quantitative estimate of drug-likeness (QED) is 0.491. The topological polar surface area (TPSA) is 82.4 Å². The fourth-order valence-corrected chi connectivity index (χ4v) is 1.98. The van der Waals surface area contributed by atoms with Crippen LogP contribution in [0.2, 0.25) is 0 Å². The Bertz CT molecular complexity index is 576. The van der Waals surface area contributed by atoms with Crippen LogP contribution in [-0.2, 0) is 18.9 Å². The Morgan fingerprint density at radius 3 is 2.09 bits per heavy atom. The third-order valence-electron chi connectivity index (χ3n) is 3.64. The van der Waals surface area contributed by atoms with Gasteiger partial charge in [-0.15, -0.1) is 0 Å². The monoisotopic (exact) mass is 322 g/mol. The van der Waals surface area contributed by atoms with Crippen LogP contribution in [0.4, 0.5) is 0 Å². The van der Waals surface area contributed by atoms with Crippen LogP contribution in [0.5, 0.6) is 11.5 Å². The van der Waals surface area contributed by atoms with Gasteiger partial charge in [-0.05, 0) is 18.2 Å². The molecule has 0 radical (unpaired) electrons. The molecule has 3 aliphatic heterocycles. The zero-order valence-electron chi connectivity index (χ0n) is 12.6. The predicted molar refractivity (Wildman–Crippen MR) is 76.9 cm³/mol. The maximum atomic E-state index is 12.0. The van der Waals surface area contributed by atoms with Crippen molar-refractivity contribution in [3.63, 3.8) is 0 Å². The van der Waals surface area contributed by atoms with Crippen LogP contribution in [0.3, 0.4) is 0 Å². The summed E-state index contributed by atoms with van der Waals surface area (Å²) in [6, 6.07) is 5.02. The summed E-state index contributed by atoms with van der Waals surface area (Å²) < 4.78 is 31.9. The first-order valence-electron chi connectivity index (χ1n) is 7.69. The van der Waals surface area contributed by atoms with Crippen LogP contribution in [-0.4, -0.2) is 63.9 Å². The second kappa shape index (κ2) is 6.35. The van der Waals surface area contributed by atoms with Crippen molar-refractivity contribution < 1.29 is 33.2 Å². The van der Waals surface area contributed by atoms with E-state index < -0.39 is 5.97 Å². The fourth-order valence-electron chi connectivity index (χ4n) is 1.98. The highest BCUT2D eigenvalue weighted by atomic mass is 16.6. The minimum absolute atomic E-state index is 0.0443. The van der Waals surface area contributed by atoms with Crippen LogP contribution in [0.1, 0.15) is 10.4 Å². The summed E-state index contributed by atoms with van der Waals surface area (Å²) in [5.74, 6) is 0.701. The molecule has 3 saturated heterocycles. The van der Waals surface area contributed by atoms with Crippen LogP contribution < -0.4 is 9.47 Å². The molecule has 3 heterocycles. The molecule has 0 N–H and O–H groups in total. The molecule has 3 aliphatic rings. The van der Waals surface area contributed by atoms with Gasteiger partial charge in [-0.2, -0.15) is 0 Å². The zero-order chi connectivity index (χ0) is 15.6. The number of hydrogen-bond acceptors (Lipinski definition) is 7. The van der Waals surface area contributed by atoms with Gasteiger partial charge in [0.25, 0.3) is 0 Å². The lowest BCUT2D eigenvalue weighted by molar-refractivity contribution is 0.0476. The van der Waals surface area contributed by atoms with Gasteiger partial charge in [0.05, 0.1) is 25.4 Å². The van der Waals surface area contributed by atoms with E-state index in [9.17, 15) is 4.79 Å². The molecule has 124 valence electrons. The van der Waals surface area contributed by atoms with Gasteiger partial charge < -0.3 is 28.4 Å². The van der Waals surface area contributed by atoms with E-state index in [0.717, 1.165) is 6.61 Å². The van der Waals surface area contributed by atoms with E-state index in [1.165, 1.54) is 0 Å². The molecular formula is C16H18O7. The summed E-state index contributed by atoms with van der Waals surface area (Å²) >= 11 is 0. The van der Waals surface area contributed by atoms with Crippen molar-refractivity contribution in [1.82, 2.24) is 0 Å². The molecule has 7 heteroatoms. The van der Waals surface area contributed by atoms with Crippen molar-refractivity contribution in [2.24, 2.45) is 0 Å². The van der Waals surface area contributed by atoms with Crippen LogP contribution in [0.25, 0.3) is 0 Å². The Morgan fingerprint density at radius 2 is 1.48 bits per heavy atom. The summed E-state index contributed by atoms with van der Waals surface area (Å²) in [5, 5.41) is 0. The largest absolute Gasteiger partial charge is 0.487 e. The third-order valence-corrected chi connectivity index (χ3v) is 3.64. The van der Waals surface area contributed by atoms with Crippen molar-refractivity contribution >= 4 is 5.97 Å². The number of hydrogen-bond donors (Lipinski definition) is 0. The van der Waals surface area contributed by atoms with E-state index in [0.29, 0.717) is 43.5 Å². The molecule has 1 aromatic rings. The van der Waals surface area contributed by atoms with Crippen molar-refractivity contribution in [2.45, 2.75) is 18.3 Å². The first-order chi connectivity index (χ1) is 11.3. The molecule has 0 bridgehead atoms. The molecule has 0 amide bonds. The minimum Gasteiger partial charge on any atom is -0.487 e. The van der Waals surface area contributed by atoms with Crippen LogP contribution in [0.15, 0.2) is 18.2 Å². The second-order valence-corrected chi connectivity index (χ2v) is 5.75. The van der Waals surface area contributed by atoms with Gasteiger partial charge in [0.1, 0.15) is 38.1 Å². The first kappa shape index (κ1) is 14.7. The molecule has 3 fully saturated rings. The maximum Gasteiger partial charge on any atom is 0.338 e. The third kappa shape index (κ3) is 4.34. The molecular weight excluding hydrogens is 304 g/mol. The van der Waals surface area contributed by atoms with Crippen molar-refractivity contribution in [1.29, 1.82) is 0 Å². The molecule has 0 aromatic heterocycles. The average Bonchev–Trinajstić information content (AvgIpc) is 3.41. The summed E-state index contributed by atoms with van der Waals surface area (Å²) in [6.07, 6.45) is 0.317. The molecule has 0 saturated carbocycles. The van der Waals surface area contributed by atoms with Gasteiger partial charge in [-0.1, -0.05) is 0 Å². The smallest absolute Gasteiger partial charge is 0.338 e. The SMILES string of the molecule is O=C(OCC1CO1)c1ccc(OCC2CO2)c(OCC2CO2)c1. The van der Waals surface area contributed by atoms with E-state index in [-0.39, 0.29) is 24.9 Å². The molecule has 0 aliphatic carbocycles. The highest BCUT2D eigenvalue weighted by Gasteiger charge is 2.27. The Labute approximate surface area is 133 Å². The second-order valence-electron chi connectivity index (χ2n) is 5.75. The van der Waals surface area contributed by atoms with Gasteiger partial charge in [-0.3, -0.25) is 0 Å². The Morgan fingerprint density at radius 1 is 0.913 bits per heavy atom. The molecule has 7 nitrogen and oxygen atoms in total. The van der Waals surface area contributed by atoms with Gasteiger partial charge in [0.2, 0.25) is 0 Å². The number of ether oxygens (including phenoxy) is 6. The number of benzene rings is 1. The zero-order valence-corrected chi connectivity index (χ0v) is 12.6. The van der Waals surface area contributed by atoms with Gasteiger partial charge in [-0.25, -0.2) is 4.79 Å². The lowest BCUT2D eigenvalue weighted by atomic mass is 10.2. The maximum absolute atomic E-state index is 12.0. The number of rotatable bonds is 9. The minimum atomic E-state index is -0.398. The number of esters is 1. The van der Waals surface area contributed by atoms with E-state index in [1.807, 2.05) is 0 Å². The van der Waals surface area contributed by atoms with Gasteiger partial charge >= 0.3 is 5.97 Å². The van der Waals surface area contributed by atoms with E-state index in [2.05, 4.69) is 0 Å². The lowest BCUT2D eigenvalue weighted by Gasteiger charge is -2.13. The average molecular weight is 322 g/mol. The van der Waals surface area contributed by atoms with Gasteiger partial charge in [0, 0.05) is 0 Å². The number of epoxide rings is 3. The highest BCUT2D eigenvalue weighted by Crippen LogP contribution is 2.30. The Hall–Kier alpha value is -1.83. The van der Waals surface area contributed by atoms with Crippen molar-refractivity contribution in [3.8, 4) is 11.5 Å². The summed E-state index contributed by atoms with van der Waals surface area (Å²) in [5.41, 5.74) is 0.424. The standard InChI is InChI=1S/C16H18O7/c17-16(23-9-13-6-20-13)10-1-2-14(21-7-11-4-18-11)15(3-10)22-8-12-5-19-12/h1-3,11-13H,4-9H2. The molecule has 1 aromatic carbocycles. The highest BCUT2D eigenvalue weighted by molar-refractivity contribution is 5.90. The summed E-state index contributed by atoms with van der Waals surface area (Å²) in [7, 11) is 0. The summed E-state index contributed by atoms with van der Waals surface area (Å²) in [6.45, 7) is 3.26. The molecule has 0 spiro atoms. The Kier molecular flexibility index (Phi) is 4.07. The molecule has 4 rings (SSSR count).